The lowest BCUT2D eigenvalue weighted by Gasteiger charge is -2.06. The Balaban J connectivity index is 3.56. The van der Waals surface area contributed by atoms with E-state index in [1.165, 1.54) is 0 Å². The molecule has 72 valence electrons. The highest BCUT2D eigenvalue weighted by atomic mass is 35.5. The Hall–Kier alpha value is -0.120. The maximum absolute atomic E-state index is 12.9. The topological polar surface area (TPSA) is 0 Å². The molecule has 0 bridgehead atoms. The SMILES string of the molecule is Fc1c(Cl)c(F)c(CCl)c(F)c1Cl. The van der Waals surface area contributed by atoms with Gasteiger partial charge in [0.1, 0.15) is 10.0 Å². The molecule has 1 rings (SSSR count). The van der Waals surface area contributed by atoms with Crippen LogP contribution in [0.4, 0.5) is 13.2 Å². The molecule has 1 aromatic carbocycles. The Bertz CT molecular complexity index is 322. The van der Waals surface area contributed by atoms with Gasteiger partial charge < -0.3 is 0 Å². The molecular formula is C7H2Cl3F3. The fraction of sp³-hybridized carbons (Fsp3) is 0.143. The summed E-state index contributed by atoms with van der Waals surface area (Å²) in [6.45, 7) is 0. The first kappa shape index (κ1) is 11.0. The third-order valence-corrected chi connectivity index (χ3v) is 2.37. The zero-order valence-electron chi connectivity index (χ0n) is 5.97. The molecule has 0 atom stereocenters. The summed E-state index contributed by atoms with van der Waals surface area (Å²) in [5, 5.41) is -1.69. The highest BCUT2D eigenvalue weighted by Gasteiger charge is 2.21. The molecule has 0 spiro atoms. The molecule has 13 heavy (non-hydrogen) atoms. The summed E-state index contributed by atoms with van der Waals surface area (Å²) in [4.78, 5) is 0. The molecule has 0 aromatic heterocycles. The van der Waals surface area contributed by atoms with E-state index in [-0.39, 0.29) is 0 Å². The van der Waals surface area contributed by atoms with Gasteiger partial charge in [0, 0.05) is 5.56 Å². The lowest BCUT2D eigenvalue weighted by atomic mass is 10.2. The molecule has 1 aromatic rings. The highest BCUT2D eigenvalue weighted by molar-refractivity contribution is 6.35. The van der Waals surface area contributed by atoms with Crippen LogP contribution in [-0.2, 0) is 5.88 Å². The molecule has 0 aliphatic heterocycles. The minimum Gasteiger partial charge on any atom is -0.205 e. The van der Waals surface area contributed by atoms with E-state index in [0.717, 1.165) is 0 Å². The molecule has 0 unspecified atom stereocenters. The van der Waals surface area contributed by atoms with E-state index in [1.807, 2.05) is 0 Å². The van der Waals surface area contributed by atoms with Crippen molar-refractivity contribution in [2.75, 3.05) is 0 Å². The van der Waals surface area contributed by atoms with Crippen molar-refractivity contribution in [2.24, 2.45) is 0 Å². The third-order valence-electron chi connectivity index (χ3n) is 1.43. The summed E-state index contributed by atoms with van der Waals surface area (Å²) in [6.07, 6.45) is 0. The van der Waals surface area contributed by atoms with Gasteiger partial charge in [0.05, 0.1) is 5.88 Å². The normalized spacial score (nSPS) is 10.6. The highest BCUT2D eigenvalue weighted by Crippen LogP contribution is 2.32. The maximum Gasteiger partial charge on any atom is 0.166 e. The smallest absolute Gasteiger partial charge is 0.166 e. The Morgan fingerprint density at radius 2 is 1.23 bits per heavy atom. The second-order valence-electron chi connectivity index (χ2n) is 2.18. The Morgan fingerprint density at radius 3 is 1.54 bits per heavy atom. The van der Waals surface area contributed by atoms with E-state index in [4.69, 9.17) is 34.8 Å². The van der Waals surface area contributed by atoms with Crippen molar-refractivity contribution in [3.05, 3.63) is 33.1 Å². The summed E-state index contributed by atoms with van der Waals surface area (Å²) in [7, 11) is 0. The lowest BCUT2D eigenvalue weighted by Crippen LogP contribution is -1.98. The molecule has 0 aliphatic rings. The van der Waals surface area contributed by atoms with E-state index in [9.17, 15) is 13.2 Å². The van der Waals surface area contributed by atoms with Crippen molar-refractivity contribution in [1.82, 2.24) is 0 Å². The summed E-state index contributed by atoms with van der Waals surface area (Å²) in [5.41, 5.74) is -0.530. The predicted molar refractivity (Wildman–Crippen MR) is 45.9 cm³/mol. The van der Waals surface area contributed by atoms with Crippen LogP contribution in [0.1, 0.15) is 5.56 Å². The van der Waals surface area contributed by atoms with Gasteiger partial charge in [-0.25, -0.2) is 13.2 Å². The zero-order valence-corrected chi connectivity index (χ0v) is 8.24. The van der Waals surface area contributed by atoms with Crippen LogP contribution in [0.2, 0.25) is 10.0 Å². The number of hydrogen-bond donors (Lipinski definition) is 0. The maximum atomic E-state index is 12.9. The molecule has 6 heteroatoms. The molecule has 0 N–H and O–H groups in total. The van der Waals surface area contributed by atoms with Crippen LogP contribution in [0.5, 0.6) is 0 Å². The Morgan fingerprint density at radius 1 is 0.846 bits per heavy atom. The fourth-order valence-corrected chi connectivity index (χ4v) is 1.47. The molecule has 0 nitrogen and oxygen atoms in total. The summed E-state index contributed by atoms with van der Waals surface area (Å²) >= 11 is 15.6. The van der Waals surface area contributed by atoms with E-state index in [0.29, 0.717) is 0 Å². The van der Waals surface area contributed by atoms with Crippen LogP contribution in [0.15, 0.2) is 0 Å². The van der Waals surface area contributed by atoms with Gasteiger partial charge >= 0.3 is 0 Å². The lowest BCUT2D eigenvalue weighted by molar-refractivity contribution is 0.532. The quantitative estimate of drug-likeness (QED) is 0.398. The van der Waals surface area contributed by atoms with Crippen molar-refractivity contribution in [1.29, 1.82) is 0 Å². The van der Waals surface area contributed by atoms with Gasteiger partial charge in [0.2, 0.25) is 0 Å². The van der Waals surface area contributed by atoms with E-state index < -0.39 is 38.9 Å². The van der Waals surface area contributed by atoms with Crippen LogP contribution in [0.25, 0.3) is 0 Å². The zero-order chi connectivity index (χ0) is 10.2. The molecule has 0 amide bonds. The van der Waals surface area contributed by atoms with E-state index in [1.54, 1.807) is 0 Å². The number of alkyl halides is 1. The van der Waals surface area contributed by atoms with Gasteiger partial charge in [0.15, 0.2) is 17.5 Å². The van der Waals surface area contributed by atoms with Crippen molar-refractivity contribution in [3.63, 3.8) is 0 Å². The monoisotopic (exact) mass is 248 g/mol. The van der Waals surface area contributed by atoms with Gasteiger partial charge in [-0.2, -0.15) is 0 Å². The van der Waals surface area contributed by atoms with Gasteiger partial charge in [0.25, 0.3) is 0 Å². The molecule has 0 aliphatic carbocycles. The summed E-state index contributed by atoms with van der Waals surface area (Å²) in [6, 6.07) is 0. The fourth-order valence-electron chi connectivity index (χ4n) is 0.768. The molecular weight excluding hydrogens is 247 g/mol. The molecule has 0 saturated heterocycles. The largest absolute Gasteiger partial charge is 0.205 e. The number of rotatable bonds is 1. The van der Waals surface area contributed by atoms with Crippen molar-refractivity contribution in [2.45, 2.75) is 5.88 Å². The molecule has 0 saturated carbocycles. The number of halogens is 6. The second kappa shape index (κ2) is 3.95. The van der Waals surface area contributed by atoms with E-state index in [2.05, 4.69) is 0 Å². The predicted octanol–water partition coefficient (Wildman–Crippen LogP) is 4.15. The van der Waals surface area contributed by atoms with Crippen molar-refractivity contribution >= 4 is 34.8 Å². The first-order valence-corrected chi connectivity index (χ1v) is 4.36. The second-order valence-corrected chi connectivity index (χ2v) is 3.21. The first-order valence-electron chi connectivity index (χ1n) is 3.07. The van der Waals surface area contributed by atoms with Crippen molar-refractivity contribution in [3.8, 4) is 0 Å². The Kier molecular flexibility index (Phi) is 3.33. The van der Waals surface area contributed by atoms with Crippen LogP contribution in [-0.4, -0.2) is 0 Å². The van der Waals surface area contributed by atoms with Crippen LogP contribution < -0.4 is 0 Å². The first-order chi connectivity index (χ1) is 6.00. The van der Waals surface area contributed by atoms with Gasteiger partial charge in [-0.15, -0.1) is 11.6 Å². The minimum absolute atomic E-state index is 0.461. The molecule has 0 fully saturated rings. The standard InChI is InChI=1S/C7H2Cl3F3/c8-1-2-5(11)3(9)7(13)4(10)6(2)12/h1H2. The third kappa shape index (κ3) is 1.73. The van der Waals surface area contributed by atoms with Crippen LogP contribution in [0, 0.1) is 17.5 Å². The van der Waals surface area contributed by atoms with Gasteiger partial charge in [-0.1, -0.05) is 23.2 Å². The van der Waals surface area contributed by atoms with Crippen LogP contribution in [0.3, 0.4) is 0 Å². The molecule has 0 heterocycles. The van der Waals surface area contributed by atoms with Crippen LogP contribution >= 0.6 is 34.8 Å². The van der Waals surface area contributed by atoms with Crippen molar-refractivity contribution < 1.29 is 13.2 Å². The number of benzene rings is 1. The minimum atomic E-state index is -1.31. The summed E-state index contributed by atoms with van der Waals surface area (Å²) in [5.74, 6) is -4.20. The van der Waals surface area contributed by atoms with Gasteiger partial charge in [-0.3, -0.25) is 0 Å². The summed E-state index contributed by atoms with van der Waals surface area (Å²) < 4.78 is 38.7. The average molecular weight is 249 g/mol. The molecule has 0 radical (unpaired) electrons. The Labute approximate surface area is 87.2 Å². The van der Waals surface area contributed by atoms with E-state index >= 15 is 0 Å². The number of hydrogen-bond acceptors (Lipinski definition) is 0. The van der Waals surface area contributed by atoms with Gasteiger partial charge in [-0.05, 0) is 0 Å². The average Bonchev–Trinajstić information content (AvgIpc) is 2.13.